The van der Waals surface area contributed by atoms with E-state index in [1.165, 1.54) is 6.42 Å². The van der Waals surface area contributed by atoms with E-state index < -0.39 is 34.2 Å². The topological polar surface area (TPSA) is 73.0 Å². The highest BCUT2D eigenvalue weighted by Crippen LogP contribution is 2.43. The maximum absolute atomic E-state index is 14.0. The Hall–Kier alpha value is -0.910. The molecule has 1 saturated carbocycles. The lowest BCUT2D eigenvalue weighted by atomic mass is 9.74. The van der Waals surface area contributed by atoms with Gasteiger partial charge in [0.1, 0.15) is 6.04 Å². The number of piperidine rings is 3. The van der Waals surface area contributed by atoms with Crippen molar-refractivity contribution in [1.82, 2.24) is 19.6 Å². The minimum atomic E-state index is -4.49. The van der Waals surface area contributed by atoms with E-state index in [-0.39, 0.29) is 23.5 Å². The van der Waals surface area contributed by atoms with E-state index in [0.717, 1.165) is 64.2 Å². The molecule has 0 aromatic heterocycles. The largest absolute Gasteiger partial charge is 0.406 e. The van der Waals surface area contributed by atoms with E-state index in [1.807, 2.05) is 0 Å². The Morgan fingerprint density at radius 1 is 0.811 bits per heavy atom. The van der Waals surface area contributed by atoms with Gasteiger partial charge in [-0.05, 0) is 75.5 Å². The molecule has 0 radical (unpaired) electrons. The van der Waals surface area contributed by atoms with Crippen LogP contribution in [0.15, 0.2) is 0 Å². The second-order valence-corrected chi connectivity index (χ2v) is 14.1. The summed E-state index contributed by atoms with van der Waals surface area (Å²) in [5.74, 6) is -0.438. The number of nitrogens with one attached hydrogen (secondary N) is 1. The zero-order chi connectivity index (χ0) is 26.2. The Morgan fingerprint density at radius 2 is 1.43 bits per heavy atom. The van der Waals surface area contributed by atoms with Crippen molar-refractivity contribution in [3.63, 3.8) is 0 Å². The molecule has 4 unspecified atom stereocenters. The van der Waals surface area contributed by atoms with Crippen molar-refractivity contribution in [1.29, 1.82) is 0 Å². The molecule has 0 bridgehead atoms. The van der Waals surface area contributed by atoms with Crippen LogP contribution in [0.3, 0.4) is 0 Å². The summed E-state index contributed by atoms with van der Waals surface area (Å²) < 4.78 is 69.8. The van der Waals surface area contributed by atoms with Gasteiger partial charge < -0.3 is 4.90 Å². The molecular weight excluding hydrogens is 505 g/mol. The number of amides is 1. The van der Waals surface area contributed by atoms with E-state index in [4.69, 9.17) is 0 Å². The third-order valence-electron chi connectivity index (χ3n) is 9.80. The Morgan fingerprint density at radius 3 is 2.08 bits per heavy atom. The molecule has 37 heavy (non-hydrogen) atoms. The van der Waals surface area contributed by atoms with Crippen LogP contribution in [0.4, 0.5) is 13.2 Å². The van der Waals surface area contributed by atoms with Gasteiger partial charge in [0, 0.05) is 38.8 Å². The van der Waals surface area contributed by atoms with Crippen molar-refractivity contribution in [2.75, 3.05) is 38.5 Å². The maximum atomic E-state index is 14.0. The summed E-state index contributed by atoms with van der Waals surface area (Å²) in [6, 6.07) is -2.30. The summed E-state index contributed by atoms with van der Waals surface area (Å²) in [4.78, 5) is 15.0. The van der Waals surface area contributed by atoms with Gasteiger partial charge in [0.25, 0.3) is 0 Å². The lowest BCUT2D eigenvalue weighted by Crippen LogP contribution is -2.51. The number of hydrogen-bond acceptors (Lipinski definition) is 5. The van der Waals surface area contributed by atoms with Crippen molar-refractivity contribution >= 4 is 15.9 Å². The van der Waals surface area contributed by atoms with Gasteiger partial charge in [0.2, 0.25) is 15.9 Å². The minimum absolute atomic E-state index is 0.217. The van der Waals surface area contributed by atoms with E-state index in [0.29, 0.717) is 45.1 Å². The van der Waals surface area contributed by atoms with Gasteiger partial charge in [-0.2, -0.15) is 13.2 Å². The molecule has 4 heterocycles. The van der Waals surface area contributed by atoms with Crippen LogP contribution < -0.4 is 5.43 Å². The summed E-state index contributed by atoms with van der Waals surface area (Å²) >= 11 is 0. The molecule has 4 atom stereocenters. The van der Waals surface area contributed by atoms with Crippen molar-refractivity contribution in [2.24, 2.45) is 23.7 Å². The number of rotatable bonds is 5. The number of carbonyl (C=O) groups is 1. The van der Waals surface area contributed by atoms with Crippen LogP contribution in [0.25, 0.3) is 0 Å². The number of fused-ring (bicyclic) bond motifs is 1. The normalized spacial score (nSPS) is 34.0. The fourth-order valence-electron chi connectivity index (χ4n) is 7.73. The third-order valence-corrected chi connectivity index (χ3v) is 11.8. The smallest absolute Gasteiger partial charge is 0.342 e. The number of halogens is 3. The van der Waals surface area contributed by atoms with Crippen molar-refractivity contribution in [3.05, 3.63) is 0 Å². The third kappa shape index (κ3) is 6.14. The Balaban J connectivity index is 1.21. The molecular formula is C26H43F3N4O3S. The highest BCUT2D eigenvalue weighted by molar-refractivity contribution is 7.89. The van der Waals surface area contributed by atoms with Gasteiger partial charge in [0.05, 0.1) is 11.7 Å². The van der Waals surface area contributed by atoms with E-state index in [1.54, 1.807) is 14.2 Å². The zero-order valence-corrected chi connectivity index (χ0v) is 22.6. The molecule has 1 aliphatic carbocycles. The predicted octanol–water partition coefficient (Wildman–Crippen LogP) is 3.77. The Bertz CT molecular complexity index is 897. The molecule has 1 amide bonds. The molecule has 11 heteroatoms. The standard InChI is InChI=1S/C26H43F3N4O3S/c27-26(28,29)24-23(25(34)31-12-5-2-6-13-31)22-17-21(11-16-33(22)30-24)20-9-14-32(15-10-20)37(35,36)18-19-7-3-1-4-8-19/h19-24,30H,1-18H2. The van der Waals surface area contributed by atoms with Crippen molar-refractivity contribution in [3.8, 4) is 0 Å². The monoisotopic (exact) mass is 548 g/mol. The summed E-state index contributed by atoms with van der Waals surface area (Å²) in [5.41, 5.74) is 2.67. The predicted molar refractivity (Wildman–Crippen MR) is 135 cm³/mol. The first-order valence-electron chi connectivity index (χ1n) is 14.5. The summed E-state index contributed by atoms with van der Waals surface area (Å²) in [6.45, 7) is 2.59. The van der Waals surface area contributed by atoms with Gasteiger partial charge in [-0.1, -0.05) is 19.3 Å². The molecule has 4 aliphatic heterocycles. The van der Waals surface area contributed by atoms with Gasteiger partial charge in [-0.25, -0.2) is 23.2 Å². The fraction of sp³-hybridized carbons (Fsp3) is 0.962. The first kappa shape index (κ1) is 27.6. The van der Waals surface area contributed by atoms with Crippen molar-refractivity contribution < 1.29 is 26.4 Å². The quantitative estimate of drug-likeness (QED) is 0.567. The number of carbonyl (C=O) groups excluding carboxylic acids is 1. The molecule has 212 valence electrons. The molecule has 0 aromatic rings. The average molecular weight is 549 g/mol. The molecule has 5 aliphatic rings. The number of hydrazine groups is 1. The van der Waals surface area contributed by atoms with Gasteiger partial charge in [-0.3, -0.25) is 4.79 Å². The van der Waals surface area contributed by atoms with E-state index in [2.05, 4.69) is 5.43 Å². The van der Waals surface area contributed by atoms with Crippen LogP contribution in [-0.4, -0.2) is 85.3 Å². The van der Waals surface area contributed by atoms with Crippen molar-refractivity contribution in [2.45, 2.75) is 95.3 Å². The Kier molecular flexibility index (Phi) is 8.44. The molecule has 5 rings (SSSR count). The average Bonchev–Trinajstić information content (AvgIpc) is 3.29. The van der Waals surface area contributed by atoms with Crippen LogP contribution in [0.2, 0.25) is 0 Å². The fourth-order valence-corrected chi connectivity index (χ4v) is 9.63. The zero-order valence-electron chi connectivity index (χ0n) is 21.8. The summed E-state index contributed by atoms with van der Waals surface area (Å²) in [7, 11) is -3.27. The molecule has 1 N–H and O–H groups in total. The molecule has 0 aromatic carbocycles. The number of likely N-dealkylation sites (tertiary alicyclic amines) is 1. The van der Waals surface area contributed by atoms with Crippen LogP contribution >= 0.6 is 0 Å². The van der Waals surface area contributed by atoms with Gasteiger partial charge >= 0.3 is 6.18 Å². The lowest BCUT2D eigenvalue weighted by Gasteiger charge is -2.42. The second kappa shape index (κ2) is 11.3. The van der Waals surface area contributed by atoms with Crippen LogP contribution in [0.5, 0.6) is 0 Å². The minimum Gasteiger partial charge on any atom is -0.342 e. The number of nitrogens with zero attached hydrogens (tertiary/aromatic N) is 3. The lowest BCUT2D eigenvalue weighted by molar-refractivity contribution is -0.172. The molecule has 5 fully saturated rings. The summed E-state index contributed by atoms with van der Waals surface area (Å²) in [6.07, 6.45) is 6.50. The number of sulfonamides is 1. The first-order chi connectivity index (χ1) is 17.6. The SMILES string of the molecule is O=C(C1C2CC(C3CCN(S(=O)(=O)CC4CCCCC4)CC3)CCN2NC1C(F)(F)F)N1CCCCC1. The second-order valence-electron chi connectivity index (χ2n) is 12.1. The van der Waals surface area contributed by atoms with Gasteiger partial charge in [0.15, 0.2) is 0 Å². The molecule has 7 nitrogen and oxygen atoms in total. The summed E-state index contributed by atoms with van der Waals surface area (Å²) in [5, 5.41) is 1.69. The van der Waals surface area contributed by atoms with Crippen LogP contribution in [0.1, 0.15) is 77.0 Å². The highest BCUT2D eigenvalue weighted by atomic mass is 32.2. The maximum Gasteiger partial charge on any atom is 0.406 e. The van der Waals surface area contributed by atoms with Crippen LogP contribution in [-0.2, 0) is 14.8 Å². The van der Waals surface area contributed by atoms with Crippen LogP contribution in [0, 0.1) is 23.7 Å². The van der Waals surface area contributed by atoms with E-state index in [9.17, 15) is 26.4 Å². The number of alkyl halides is 3. The van der Waals surface area contributed by atoms with E-state index >= 15 is 0 Å². The molecule has 0 spiro atoms. The number of hydrogen-bond donors (Lipinski definition) is 1. The van der Waals surface area contributed by atoms with Gasteiger partial charge in [-0.15, -0.1) is 0 Å². The highest BCUT2D eigenvalue weighted by Gasteiger charge is 2.59. The molecule has 4 saturated heterocycles. The Labute approximate surface area is 219 Å². The first-order valence-corrected chi connectivity index (χ1v) is 16.1.